The predicted molar refractivity (Wildman–Crippen MR) is 117 cm³/mol. The second-order valence-electron chi connectivity index (χ2n) is 8.83. The maximum absolute atomic E-state index is 12.8. The molecule has 7 heteroatoms. The number of unbranched alkanes of at least 4 members (excludes halogenated alkanes) is 1. The highest BCUT2D eigenvalue weighted by Crippen LogP contribution is 2.29. The number of aliphatic hydroxyl groups excluding tert-OH is 1. The topological polar surface area (TPSA) is 105 Å². The summed E-state index contributed by atoms with van der Waals surface area (Å²) < 4.78 is 5.28. The molecule has 1 rings (SSSR count). The normalized spacial score (nSPS) is 16.4. The zero-order valence-corrected chi connectivity index (χ0v) is 18.5. The van der Waals surface area contributed by atoms with Crippen LogP contribution in [0, 0.1) is 5.92 Å². The first-order chi connectivity index (χ1) is 14.2. The van der Waals surface area contributed by atoms with Gasteiger partial charge in [-0.3, -0.25) is 14.4 Å². The number of hydrogen-bond donors (Lipinski definition) is 3. The van der Waals surface area contributed by atoms with Gasteiger partial charge in [0.1, 0.15) is 6.61 Å². The Bertz CT molecular complexity index is 609. The van der Waals surface area contributed by atoms with Crippen molar-refractivity contribution in [3.05, 3.63) is 25.3 Å². The Morgan fingerprint density at radius 2 is 1.87 bits per heavy atom. The smallest absolute Gasteiger partial charge is 0.305 e. The zero-order valence-electron chi connectivity index (χ0n) is 18.5. The average molecular weight is 423 g/mol. The summed E-state index contributed by atoms with van der Waals surface area (Å²) >= 11 is 0. The number of amides is 2. The number of carbonyl (C=O) groups excluding carboxylic acids is 3. The lowest BCUT2D eigenvalue weighted by atomic mass is 9.95. The Labute approximate surface area is 180 Å². The second-order valence-corrected chi connectivity index (χ2v) is 8.83. The van der Waals surface area contributed by atoms with E-state index in [-0.39, 0.29) is 37.4 Å². The fourth-order valence-electron chi connectivity index (χ4n) is 3.62. The Hall–Kier alpha value is -2.15. The molecule has 1 atom stereocenters. The van der Waals surface area contributed by atoms with Crippen LogP contribution in [0.15, 0.2) is 25.3 Å². The number of hydrogen-bond acceptors (Lipinski definition) is 5. The van der Waals surface area contributed by atoms with Crippen molar-refractivity contribution in [2.45, 2.75) is 82.7 Å². The van der Waals surface area contributed by atoms with Gasteiger partial charge in [0.2, 0.25) is 11.8 Å². The standard InChI is InChI=1S/C23H38N2O5/c1-5-7-8-12-20(28)30-17-22(3,4)25-21(29)18(11-6-2)15-19(27)24-23(16-26)13-9-10-14-23/h5-6,18,26H,1-2,7-17H2,3-4H3,(H,24,27)(H,25,29)/t18-/m1/s1. The molecule has 0 radical (unpaired) electrons. The van der Waals surface area contributed by atoms with E-state index >= 15 is 0 Å². The van der Waals surface area contributed by atoms with Crippen molar-refractivity contribution >= 4 is 17.8 Å². The molecule has 1 saturated carbocycles. The van der Waals surface area contributed by atoms with Gasteiger partial charge in [-0.05, 0) is 46.0 Å². The molecule has 0 spiro atoms. The monoisotopic (exact) mass is 422 g/mol. The van der Waals surface area contributed by atoms with Gasteiger partial charge in [0.15, 0.2) is 0 Å². The summed E-state index contributed by atoms with van der Waals surface area (Å²) in [5.41, 5.74) is -1.33. The molecule has 1 aliphatic rings. The van der Waals surface area contributed by atoms with Crippen LogP contribution in [-0.4, -0.2) is 47.2 Å². The fraction of sp³-hybridized carbons (Fsp3) is 0.696. The van der Waals surface area contributed by atoms with E-state index in [9.17, 15) is 19.5 Å². The first kappa shape index (κ1) is 25.9. The van der Waals surface area contributed by atoms with E-state index < -0.39 is 17.0 Å². The molecule has 0 heterocycles. The molecule has 0 aromatic rings. The molecule has 1 fully saturated rings. The Morgan fingerprint density at radius 1 is 1.20 bits per heavy atom. The lowest BCUT2D eigenvalue weighted by molar-refractivity contribution is -0.147. The van der Waals surface area contributed by atoms with Crippen LogP contribution in [0.1, 0.15) is 71.6 Å². The van der Waals surface area contributed by atoms with Gasteiger partial charge in [0.05, 0.1) is 23.6 Å². The van der Waals surface area contributed by atoms with Crippen LogP contribution >= 0.6 is 0 Å². The molecule has 0 unspecified atom stereocenters. The highest BCUT2D eigenvalue weighted by Gasteiger charge is 2.36. The van der Waals surface area contributed by atoms with Crippen LogP contribution in [0.2, 0.25) is 0 Å². The number of nitrogens with one attached hydrogen (secondary N) is 2. The van der Waals surface area contributed by atoms with E-state index in [1.165, 1.54) is 0 Å². The van der Waals surface area contributed by atoms with Crippen molar-refractivity contribution in [1.82, 2.24) is 10.6 Å². The minimum absolute atomic E-state index is 0.0109. The third kappa shape index (κ3) is 9.11. The highest BCUT2D eigenvalue weighted by atomic mass is 16.5. The molecule has 0 aromatic carbocycles. The SMILES string of the molecule is C=CCCCC(=O)OCC(C)(C)NC(=O)[C@H](CC=C)CC(=O)NC1(CO)CCCC1. The molecule has 0 aliphatic heterocycles. The summed E-state index contributed by atoms with van der Waals surface area (Å²) in [5, 5.41) is 15.5. The molecule has 1 aliphatic carbocycles. The summed E-state index contributed by atoms with van der Waals surface area (Å²) in [6, 6.07) is 0. The summed E-state index contributed by atoms with van der Waals surface area (Å²) in [5.74, 6) is -1.43. The Kier molecular flexibility index (Phi) is 10.8. The van der Waals surface area contributed by atoms with Crippen molar-refractivity contribution in [3.63, 3.8) is 0 Å². The van der Waals surface area contributed by atoms with Crippen LogP contribution in [0.5, 0.6) is 0 Å². The van der Waals surface area contributed by atoms with Crippen LogP contribution < -0.4 is 10.6 Å². The summed E-state index contributed by atoms with van der Waals surface area (Å²) in [6.07, 6.45) is 8.90. The van der Waals surface area contributed by atoms with Crippen molar-refractivity contribution in [1.29, 1.82) is 0 Å². The van der Waals surface area contributed by atoms with Gasteiger partial charge in [-0.25, -0.2) is 0 Å². The lowest BCUT2D eigenvalue weighted by Gasteiger charge is -2.30. The van der Waals surface area contributed by atoms with Gasteiger partial charge in [-0.15, -0.1) is 13.2 Å². The molecule has 0 saturated heterocycles. The maximum Gasteiger partial charge on any atom is 0.305 e. The number of aliphatic hydroxyl groups is 1. The van der Waals surface area contributed by atoms with E-state index in [1.807, 2.05) is 0 Å². The third-order valence-electron chi connectivity index (χ3n) is 5.37. The third-order valence-corrected chi connectivity index (χ3v) is 5.37. The van der Waals surface area contributed by atoms with E-state index in [4.69, 9.17) is 4.74 Å². The Morgan fingerprint density at radius 3 is 2.43 bits per heavy atom. The molecular weight excluding hydrogens is 384 g/mol. The lowest BCUT2D eigenvalue weighted by Crippen LogP contribution is -2.52. The first-order valence-corrected chi connectivity index (χ1v) is 10.8. The average Bonchev–Trinajstić information content (AvgIpc) is 3.15. The van der Waals surface area contributed by atoms with Gasteiger partial charge >= 0.3 is 5.97 Å². The van der Waals surface area contributed by atoms with Crippen LogP contribution in [-0.2, 0) is 19.1 Å². The largest absolute Gasteiger partial charge is 0.463 e. The minimum Gasteiger partial charge on any atom is -0.463 e. The second kappa shape index (κ2) is 12.5. The van der Waals surface area contributed by atoms with E-state index in [0.717, 1.165) is 32.1 Å². The van der Waals surface area contributed by atoms with Crippen molar-refractivity contribution in [3.8, 4) is 0 Å². The van der Waals surface area contributed by atoms with Crippen molar-refractivity contribution < 1.29 is 24.2 Å². The summed E-state index contributed by atoms with van der Waals surface area (Å²) in [6.45, 7) is 10.8. The fourth-order valence-corrected chi connectivity index (χ4v) is 3.62. The maximum atomic E-state index is 12.8. The van der Waals surface area contributed by atoms with Crippen LogP contribution in [0.3, 0.4) is 0 Å². The van der Waals surface area contributed by atoms with Crippen LogP contribution in [0.4, 0.5) is 0 Å². The number of allylic oxidation sites excluding steroid dienone is 2. The van der Waals surface area contributed by atoms with Crippen molar-refractivity contribution in [2.24, 2.45) is 5.92 Å². The van der Waals surface area contributed by atoms with Crippen molar-refractivity contribution in [2.75, 3.05) is 13.2 Å². The molecule has 7 nitrogen and oxygen atoms in total. The first-order valence-electron chi connectivity index (χ1n) is 10.8. The molecule has 30 heavy (non-hydrogen) atoms. The number of ether oxygens (including phenoxy) is 1. The molecule has 0 aromatic heterocycles. The molecular formula is C23H38N2O5. The quantitative estimate of drug-likeness (QED) is 0.227. The molecule has 170 valence electrons. The highest BCUT2D eigenvalue weighted by molar-refractivity contribution is 5.86. The Balaban J connectivity index is 2.58. The number of carbonyl (C=O) groups is 3. The molecule has 2 amide bonds. The van der Waals surface area contributed by atoms with Gasteiger partial charge in [0, 0.05) is 12.8 Å². The van der Waals surface area contributed by atoms with Gasteiger partial charge < -0.3 is 20.5 Å². The minimum atomic E-state index is -0.765. The van der Waals surface area contributed by atoms with E-state index in [2.05, 4.69) is 23.8 Å². The summed E-state index contributed by atoms with van der Waals surface area (Å²) in [7, 11) is 0. The van der Waals surface area contributed by atoms with E-state index in [0.29, 0.717) is 19.3 Å². The van der Waals surface area contributed by atoms with Gasteiger partial charge in [0.25, 0.3) is 0 Å². The molecule has 3 N–H and O–H groups in total. The number of rotatable bonds is 14. The number of esters is 1. The van der Waals surface area contributed by atoms with Gasteiger partial charge in [-0.2, -0.15) is 0 Å². The van der Waals surface area contributed by atoms with Crippen LogP contribution in [0.25, 0.3) is 0 Å². The van der Waals surface area contributed by atoms with Gasteiger partial charge in [-0.1, -0.05) is 25.0 Å². The van der Waals surface area contributed by atoms with E-state index in [1.54, 1.807) is 26.0 Å². The zero-order chi connectivity index (χ0) is 22.6. The predicted octanol–water partition coefficient (Wildman–Crippen LogP) is 2.78. The summed E-state index contributed by atoms with van der Waals surface area (Å²) in [4.78, 5) is 37.1. The molecule has 0 bridgehead atoms.